The monoisotopic (exact) mass is 510 g/mol. The molecule has 1 N–H and O–H groups in total. The summed E-state index contributed by atoms with van der Waals surface area (Å²) < 4.78 is 24.8. The number of piperazine rings is 1. The molecule has 3 heterocycles. The van der Waals surface area contributed by atoms with Gasteiger partial charge in [-0.2, -0.15) is 0 Å². The maximum absolute atomic E-state index is 13.0. The van der Waals surface area contributed by atoms with Crippen molar-refractivity contribution in [2.45, 2.75) is 61.4 Å². The standard InChI is InChI=1S/C26H34N6O3S/c1-19-15-31(24-27-13-23(14-28-24)36(34,35)22-7-8-22)9-10-32(19)25(33)29-21-11-26(12-21)17-30(18-26)16-20-5-3-2-4-6-20/h2-6,13-14,19,21-22H,7-12,15-18H2,1H3,(H,29,33)/t19-/m1/s1. The number of likely N-dealkylation sites (tertiary alicyclic amines) is 1. The molecule has 192 valence electrons. The van der Waals surface area contributed by atoms with E-state index in [0.29, 0.717) is 31.0 Å². The van der Waals surface area contributed by atoms with Crippen LogP contribution in [0, 0.1) is 5.41 Å². The highest BCUT2D eigenvalue weighted by Gasteiger charge is 2.52. The van der Waals surface area contributed by atoms with Crippen molar-refractivity contribution in [2.24, 2.45) is 5.41 Å². The molecule has 2 saturated carbocycles. The Labute approximate surface area is 212 Å². The number of urea groups is 1. The zero-order valence-corrected chi connectivity index (χ0v) is 21.5. The second-order valence-corrected chi connectivity index (χ2v) is 13.4. The van der Waals surface area contributed by atoms with Crippen molar-refractivity contribution in [2.75, 3.05) is 37.6 Å². The number of benzene rings is 1. The van der Waals surface area contributed by atoms with Gasteiger partial charge in [0, 0.05) is 51.4 Å². The maximum Gasteiger partial charge on any atom is 0.317 e. The summed E-state index contributed by atoms with van der Waals surface area (Å²) in [4.78, 5) is 28.3. The molecule has 1 aromatic carbocycles. The lowest BCUT2D eigenvalue weighted by atomic mass is 9.60. The number of sulfone groups is 1. The van der Waals surface area contributed by atoms with E-state index in [1.807, 2.05) is 16.7 Å². The highest BCUT2D eigenvalue weighted by Crippen LogP contribution is 2.48. The Hall–Kier alpha value is -2.72. The zero-order valence-electron chi connectivity index (χ0n) is 20.7. The Morgan fingerprint density at radius 3 is 2.42 bits per heavy atom. The molecule has 2 aromatic rings. The minimum atomic E-state index is -3.28. The van der Waals surface area contributed by atoms with Crippen LogP contribution in [0.5, 0.6) is 0 Å². The van der Waals surface area contributed by atoms with E-state index in [2.05, 4.69) is 50.5 Å². The second-order valence-electron chi connectivity index (χ2n) is 11.1. The maximum atomic E-state index is 13.0. The number of hydrogen-bond acceptors (Lipinski definition) is 7. The lowest BCUT2D eigenvalue weighted by Gasteiger charge is -2.59. The van der Waals surface area contributed by atoms with Gasteiger partial charge in [-0.15, -0.1) is 0 Å². The Bertz CT molecular complexity index is 1200. The summed E-state index contributed by atoms with van der Waals surface area (Å²) in [7, 11) is -3.28. The first-order chi connectivity index (χ1) is 17.3. The zero-order chi connectivity index (χ0) is 24.9. The van der Waals surface area contributed by atoms with Gasteiger partial charge in [0.2, 0.25) is 5.95 Å². The van der Waals surface area contributed by atoms with Gasteiger partial charge < -0.3 is 15.1 Å². The van der Waals surface area contributed by atoms with Crippen LogP contribution in [0.15, 0.2) is 47.6 Å². The number of aromatic nitrogens is 2. The van der Waals surface area contributed by atoms with Crippen molar-refractivity contribution in [3.05, 3.63) is 48.3 Å². The van der Waals surface area contributed by atoms with Crippen LogP contribution in [0.1, 0.15) is 38.2 Å². The Morgan fingerprint density at radius 2 is 1.78 bits per heavy atom. The molecule has 0 radical (unpaired) electrons. The molecule has 9 nitrogen and oxygen atoms in total. The normalized spacial score (nSPS) is 24.3. The first-order valence-corrected chi connectivity index (χ1v) is 14.5. The smallest absolute Gasteiger partial charge is 0.317 e. The van der Waals surface area contributed by atoms with Crippen molar-refractivity contribution in [1.29, 1.82) is 0 Å². The molecule has 2 aliphatic carbocycles. The van der Waals surface area contributed by atoms with E-state index in [1.54, 1.807) is 0 Å². The van der Waals surface area contributed by atoms with E-state index in [1.165, 1.54) is 18.0 Å². The number of nitrogens with one attached hydrogen (secondary N) is 1. The highest BCUT2D eigenvalue weighted by molar-refractivity contribution is 7.92. The van der Waals surface area contributed by atoms with Crippen molar-refractivity contribution in [3.63, 3.8) is 0 Å². The van der Waals surface area contributed by atoms with E-state index < -0.39 is 9.84 Å². The summed E-state index contributed by atoms with van der Waals surface area (Å²) in [5.74, 6) is 0.516. The molecule has 6 rings (SSSR count). The average molecular weight is 511 g/mol. The minimum absolute atomic E-state index is 0.00857. The van der Waals surface area contributed by atoms with Crippen LogP contribution in [0.25, 0.3) is 0 Å². The van der Waals surface area contributed by atoms with E-state index in [0.717, 1.165) is 45.3 Å². The fourth-order valence-corrected chi connectivity index (χ4v) is 7.63. The third-order valence-corrected chi connectivity index (χ3v) is 10.3. The van der Waals surface area contributed by atoms with Crippen LogP contribution in [-0.2, 0) is 16.4 Å². The third-order valence-electron chi connectivity index (χ3n) is 8.13. The average Bonchev–Trinajstić information content (AvgIpc) is 3.68. The molecule has 2 saturated heterocycles. The van der Waals surface area contributed by atoms with Crippen molar-refractivity contribution in [1.82, 2.24) is 25.1 Å². The van der Waals surface area contributed by atoms with E-state index >= 15 is 0 Å². The largest absolute Gasteiger partial charge is 0.337 e. The molecule has 1 atom stereocenters. The van der Waals surface area contributed by atoms with Gasteiger partial charge in [0.05, 0.1) is 17.6 Å². The first kappa shape index (κ1) is 23.7. The van der Waals surface area contributed by atoms with E-state index in [4.69, 9.17) is 0 Å². The molecule has 0 unspecified atom stereocenters. The van der Waals surface area contributed by atoms with Crippen molar-refractivity contribution in [3.8, 4) is 0 Å². The highest BCUT2D eigenvalue weighted by atomic mass is 32.2. The van der Waals surface area contributed by atoms with Crippen molar-refractivity contribution >= 4 is 21.8 Å². The molecule has 1 aromatic heterocycles. The predicted molar refractivity (Wildman–Crippen MR) is 136 cm³/mol. The van der Waals surface area contributed by atoms with Gasteiger partial charge in [-0.05, 0) is 43.6 Å². The molecule has 1 spiro atoms. The van der Waals surface area contributed by atoms with Crippen LogP contribution < -0.4 is 10.2 Å². The number of hydrogen-bond donors (Lipinski definition) is 1. The number of anilines is 1. The molecule has 0 bridgehead atoms. The SMILES string of the molecule is C[C@@H]1CN(c2ncc(S(=O)(=O)C3CC3)cn2)CCN1C(=O)NC1CC2(C1)CN(Cc1ccccc1)C2. The van der Waals surface area contributed by atoms with Crippen LogP contribution in [0.4, 0.5) is 10.7 Å². The van der Waals surface area contributed by atoms with Crippen LogP contribution in [0.2, 0.25) is 0 Å². The topological polar surface area (TPSA) is 98.7 Å². The number of carbonyl (C=O) groups is 1. The Balaban J connectivity index is 0.957. The van der Waals surface area contributed by atoms with Gasteiger partial charge in [-0.3, -0.25) is 4.90 Å². The van der Waals surface area contributed by atoms with Gasteiger partial charge >= 0.3 is 6.03 Å². The van der Waals surface area contributed by atoms with Crippen LogP contribution >= 0.6 is 0 Å². The van der Waals surface area contributed by atoms with Gasteiger partial charge in [0.25, 0.3) is 0 Å². The van der Waals surface area contributed by atoms with E-state index in [-0.39, 0.29) is 28.3 Å². The van der Waals surface area contributed by atoms with Crippen LogP contribution in [-0.4, -0.2) is 84.3 Å². The van der Waals surface area contributed by atoms with Gasteiger partial charge in [0.15, 0.2) is 9.84 Å². The van der Waals surface area contributed by atoms with Gasteiger partial charge in [-0.25, -0.2) is 23.2 Å². The van der Waals surface area contributed by atoms with E-state index in [9.17, 15) is 13.2 Å². The number of amides is 2. The molecule has 2 aliphatic heterocycles. The summed E-state index contributed by atoms with van der Waals surface area (Å²) in [6.45, 7) is 7.09. The lowest BCUT2D eigenvalue weighted by molar-refractivity contribution is -0.0810. The fourth-order valence-electron chi connectivity index (χ4n) is 6.09. The number of rotatable bonds is 6. The summed E-state index contributed by atoms with van der Waals surface area (Å²) in [5, 5.41) is 2.99. The first-order valence-electron chi connectivity index (χ1n) is 13.0. The lowest BCUT2D eigenvalue weighted by Crippen LogP contribution is -2.67. The molecule has 10 heteroatoms. The summed E-state index contributed by atoms with van der Waals surface area (Å²) in [6, 6.07) is 10.9. The summed E-state index contributed by atoms with van der Waals surface area (Å²) in [6.07, 6.45) is 6.41. The Morgan fingerprint density at radius 1 is 1.08 bits per heavy atom. The van der Waals surface area contributed by atoms with Gasteiger partial charge in [-0.1, -0.05) is 30.3 Å². The Kier molecular flexibility index (Phi) is 5.91. The quantitative estimate of drug-likeness (QED) is 0.637. The van der Waals surface area contributed by atoms with Gasteiger partial charge in [0.1, 0.15) is 4.90 Å². The molecular weight excluding hydrogens is 476 g/mol. The summed E-state index contributed by atoms with van der Waals surface area (Å²) in [5.41, 5.74) is 1.74. The molecule has 4 aliphatic rings. The molecule has 2 amide bonds. The molecule has 36 heavy (non-hydrogen) atoms. The second kappa shape index (κ2) is 8.99. The molecular formula is C26H34N6O3S. The molecule has 4 fully saturated rings. The predicted octanol–water partition coefficient (Wildman–Crippen LogP) is 2.30. The number of nitrogens with zero attached hydrogens (tertiary/aromatic N) is 5. The minimum Gasteiger partial charge on any atom is -0.337 e. The fraction of sp³-hybridized carbons (Fsp3) is 0.577. The third kappa shape index (κ3) is 4.56. The van der Waals surface area contributed by atoms with Crippen molar-refractivity contribution < 1.29 is 13.2 Å². The number of carbonyl (C=O) groups excluding carboxylic acids is 1. The van der Waals surface area contributed by atoms with Crippen LogP contribution in [0.3, 0.4) is 0 Å². The summed E-state index contributed by atoms with van der Waals surface area (Å²) >= 11 is 0.